The molecule has 3 N–H and O–H groups in total. The molecule has 3 heteroatoms. The Balaban J connectivity index is 3.61. The van der Waals surface area contributed by atoms with Crippen LogP contribution in [-0.2, 0) is 4.74 Å². The summed E-state index contributed by atoms with van der Waals surface area (Å²) in [6, 6.07) is 0.323. The first-order chi connectivity index (χ1) is 6.02. The van der Waals surface area contributed by atoms with Gasteiger partial charge in [-0.1, -0.05) is 27.7 Å². The molecule has 0 radical (unpaired) electrons. The van der Waals surface area contributed by atoms with E-state index < -0.39 is 0 Å². The molecular formula is C10H24N2O. The summed E-state index contributed by atoms with van der Waals surface area (Å²) in [5.74, 6) is 5.47. The molecule has 3 nitrogen and oxygen atoms in total. The van der Waals surface area contributed by atoms with E-state index in [9.17, 15) is 0 Å². The molecular weight excluding hydrogens is 164 g/mol. The molecule has 0 rings (SSSR count). The first kappa shape index (κ1) is 12.9. The molecule has 0 aliphatic carbocycles. The van der Waals surface area contributed by atoms with Crippen molar-refractivity contribution >= 4 is 0 Å². The molecule has 0 saturated heterocycles. The molecule has 0 aromatic carbocycles. The molecule has 13 heavy (non-hydrogen) atoms. The lowest BCUT2D eigenvalue weighted by Gasteiger charge is -2.29. The maximum atomic E-state index is 5.47. The molecule has 0 saturated carbocycles. The number of hydrogen-bond donors (Lipinski definition) is 2. The third-order valence-electron chi connectivity index (χ3n) is 2.15. The van der Waals surface area contributed by atoms with Gasteiger partial charge < -0.3 is 4.74 Å². The van der Waals surface area contributed by atoms with Gasteiger partial charge in [-0.05, 0) is 18.3 Å². The van der Waals surface area contributed by atoms with Crippen LogP contribution < -0.4 is 11.3 Å². The van der Waals surface area contributed by atoms with Crippen LogP contribution in [0.4, 0.5) is 0 Å². The van der Waals surface area contributed by atoms with Gasteiger partial charge in [0.05, 0.1) is 0 Å². The highest BCUT2D eigenvalue weighted by atomic mass is 16.5. The highest BCUT2D eigenvalue weighted by molar-refractivity contribution is 4.77. The van der Waals surface area contributed by atoms with Crippen LogP contribution in [0.1, 0.15) is 40.5 Å². The molecule has 0 spiro atoms. The highest BCUT2D eigenvalue weighted by Crippen LogP contribution is 2.20. The summed E-state index contributed by atoms with van der Waals surface area (Å²) >= 11 is 0. The zero-order chi connectivity index (χ0) is 10.3. The lowest BCUT2D eigenvalue weighted by Crippen LogP contribution is -2.45. The van der Waals surface area contributed by atoms with E-state index in [0.717, 1.165) is 26.1 Å². The van der Waals surface area contributed by atoms with Crippen molar-refractivity contribution in [3.63, 3.8) is 0 Å². The van der Waals surface area contributed by atoms with Crippen LogP contribution >= 0.6 is 0 Å². The Bertz CT molecular complexity index is 121. The van der Waals surface area contributed by atoms with Crippen molar-refractivity contribution in [1.29, 1.82) is 0 Å². The van der Waals surface area contributed by atoms with Crippen molar-refractivity contribution in [1.82, 2.24) is 5.43 Å². The Kier molecular flexibility index (Phi) is 6.29. The van der Waals surface area contributed by atoms with Crippen molar-refractivity contribution in [3.05, 3.63) is 0 Å². The van der Waals surface area contributed by atoms with E-state index in [4.69, 9.17) is 10.6 Å². The van der Waals surface area contributed by atoms with Gasteiger partial charge in [-0.15, -0.1) is 0 Å². The minimum absolute atomic E-state index is 0.199. The fourth-order valence-corrected chi connectivity index (χ4v) is 1.21. The molecule has 1 unspecified atom stereocenters. The second kappa shape index (κ2) is 6.35. The van der Waals surface area contributed by atoms with Crippen LogP contribution in [0.15, 0.2) is 0 Å². The van der Waals surface area contributed by atoms with Crippen molar-refractivity contribution in [2.45, 2.75) is 46.6 Å². The van der Waals surface area contributed by atoms with Crippen molar-refractivity contribution < 1.29 is 4.74 Å². The van der Waals surface area contributed by atoms with Gasteiger partial charge in [0.1, 0.15) is 0 Å². The first-order valence-corrected chi connectivity index (χ1v) is 5.06. The number of hydrogen-bond acceptors (Lipinski definition) is 3. The molecule has 0 aliphatic rings. The number of nitrogens with two attached hydrogens (primary N) is 1. The van der Waals surface area contributed by atoms with E-state index in [1.54, 1.807) is 0 Å². The van der Waals surface area contributed by atoms with Gasteiger partial charge in [0, 0.05) is 19.3 Å². The zero-order valence-electron chi connectivity index (χ0n) is 9.39. The number of ether oxygens (including phenoxy) is 1. The van der Waals surface area contributed by atoms with Gasteiger partial charge in [0.25, 0.3) is 0 Å². The van der Waals surface area contributed by atoms with E-state index in [1.165, 1.54) is 0 Å². The van der Waals surface area contributed by atoms with E-state index >= 15 is 0 Å². The van der Waals surface area contributed by atoms with Gasteiger partial charge in [-0.3, -0.25) is 11.3 Å². The third kappa shape index (κ3) is 6.02. The quantitative estimate of drug-likeness (QED) is 0.379. The predicted molar refractivity (Wildman–Crippen MR) is 56.3 cm³/mol. The largest absolute Gasteiger partial charge is 0.381 e. The molecule has 0 fully saturated rings. The normalized spacial score (nSPS) is 14.5. The van der Waals surface area contributed by atoms with Crippen LogP contribution in [0.5, 0.6) is 0 Å². The molecule has 0 aromatic rings. The fourth-order valence-electron chi connectivity index (χ4n) is 1.21. The summed E-state index contributed by atoms with van der Waals surface area (Å²) < 4.78 is 5.41. The Labute approximate surface area is 82.0 Å². The van der Waals surface area contributed by atoms with E-state index in [2.05, 4.69) is 33.1 Å². The summed E-state index contributed by atoms with van der Waals surface area (Å²) in [7, 11) is 0. The van der Waals surface area contributed by atoms with Crippen molar-refractivity contribution in [2.75, 3.05) is 13.2 Å². The summed E-state index contributed by atoms with van der Waals surface area (Å²) in [6.07, 6.45) is 2.05. The summed E-state index contributed by atoms with van der Waals surface area (Å²) in [4.78, 5) is 0. The maximum Gasteiger partial charge on any atom is 0.0481 e. The minimum atomic E-state index is 0.199. The SMILES string of the molecule is CCCOCCC(NN)C(C)(C)C. The van der Waals surface area contributed by atoms with Gasteiger partial charge >= 0.3 is 0 Å². The highest BCUT2D eigenvalue weighted by Gasteiger charge is 2.22. The van der Waals surface area contributed by atoms with Gasteiger partial charge in [-0.2, -0.15) is 0 Å². The smallest absolute Gasteiger partial charge is 0.0481 e. The number of hydrazine groups is 1. The molecule has 0 aliphatic heterocycles. The Hall–Kier alpha value is -0.120. The predicted octanol–water partition coefficient (Wildman–Crippen LogP) is 1.68. The number of rotatable bonds is 6. The van der Waals surface area contributed by atoms with Gasteiger partial charge in [-0.25, -0.2) is 0 Å². The van der Waals surface area contributed by atoms with Crippen LogP contribution in [0.2, 0.25) is 0 Å². The second-order valence-corrected chi connectivity index (χ2v) is 4.49. The van der Waals surface area contributed by atoms with E-state index in [0.29, 0.717) is 6.04 Å². The lowest BCUT2D eigenvalue weighted by atomic mass is 9.85. The monoisotopic (exact) mass is 188 g/mol. The Morgan fingerprint density at radius 3 is 2.31 bits per heavy atom. The van der Waals surface area contributed by atoms with E-state index in [1.807, 2.05) is 0 Å². The van der Waals surface area contributed by atoms with E-state index in [-0.39, 0.29) is 5.41 Å². The summed E-state index contributed by atoms with van der Waals surface area (Å²) in [5.41, 5.74) is 3.04. The van der Waals surface area contributed by atoms with Crippen LogP contribution in [0.25, 0.3) is 0 Å². The molecule has 0 aromatic heterocycles. The fraction of sp³-hybridized carbons (Fsp3) is 1.00. The second-order valence-electron chi connectivity index (χ2n) is 4.49. The van der Waals surface area contributed by atoms with Gasteiger partial charge in [0.2, 0.25) is 0 Å². The average molecular weight is 188 g/mol. The zero-order valence-corrected chi connectivity index (χ0v) is 9.39. The standard InChI is InChI=1S/C10H24N2O/c1-5-7-13-8-6-9(12-11)10(2,3)4/h9,12H,5-8,11H2,1-4H3. The van der Waals surface area contributed by atoms with Crippen molar-refractivity contribution in [2.24, 2.45) is 11.3 Å². The molecule has 1 atom stereocenters. The van der Waals surface area contributed by atoms with Gasteiger partial charge in [0.15, 0.2) is 0 Å². The topological polar surface area (TPSA) is 47.3 Å². The lowest BCUT2D eigenvalue weighted by molar-refractivity contribution is 0.108. The Morgan fingerprint density at radius 2 is 1.92 bits per heavy atom. The number of nitrogens with one attached hydrogen (secondary N) is 1. The molecule has 0 bridgehead atoms. The van der Waals surface area contributed by atoms with Crippen LogP contribution in [0, 0.1) is 5.41 Å². The molecule has 0 amide bonds. The first-order valence-electron chi connectivity index (χ1n) is 5.06. The maximum absolute atomic E-state index is 5.47. The summed E-state index contributed by atoms with van der Waals surface area (Å²) in [5, 5.41) is 0. The Morgan fingerprint density at radius 1 is 1.31 bits per heavy atom. The average Bonchev–Trinajstić information content (AvgIpc) is 2.02. The van der Waals surface area contributed by atoms with Crippen LogP contribution in [-0.4, -0.2) is 19.3 Å². The third-order valence-corrected chi connectivity index (χ3v) is 2.15. The minimum Gasteiger partial charge on any atom is -0.381 e. The molecule has 80 valence electrons. The van der Waals surface area contributed by atoms with Crippen molar-refractivity contribution in [3.8, 4) is 0 Å². The summed E-state index contributed by atoms with van der Waals surface area (Å²) in [6.45, 7) is 10.3. The van der Waals surface area contributed by atoms with Crippen LogP contribution in [0.3, 0.4) is 0 Å². The molecule has 0 heterocycles.